The highest BCUT2D eigenvalue weighted by atomic mass is 32.1. The molecule has 0 fully saturated rings. The maximum Gasteiger partial charge on any atom is 0.246 e. The number of benzene rings is 1. The number of amides is 2. The summed E-state index contributed by atoms with van der Waals surface area (Å²) in [6.07, 6.45) is 3.56. The van der Waals surface area contributed by atoms with Crippen LogP contribution in [0.2, 0.25) is 0 Å². The van der Waals surface area contributed by atoms with Crippen LogP contribution in [0.4, 0.5) is 13.2 Å². The predicted molar refractivity (Wildman–Crippen MR) is 199 cm³/mol. The average molecular weight is 760 g/mol. The number of hydrogen-bond donors (Lipinski definition) is 0. The van der Waals surface area contributed by atoms with Gasteiger partial charge in [-0.05, 0) is 37.6 Å². The lowest BCUT2D eigenvalue weighted by molar-refractivity contribution is -0.130. The minimum Gasteiger partial charge on any atom is -0.490 e. The van der Waals surface area contributed by atoms with Crippen molar-refractivity contribution >= 4 is 33.2 Å². The van der Waals surface area contributed by atoms with Crippen LogP contribution in [0, 0.1) is 17.5 Å². The Balaban J connectivity index is 1.46. The molecule has 0 unspecified atom stereocenters. The van der Waals surface area contributed by atoms with Crippen molar-refractivity contribution in [1.82, 2.24) is 34.4 Å². The molecule has 54 heavy (non-hydrogen) atoms. The number of carbonyl (C=O) groups excluding carboxylic acids is 2. The summed E-state index contributed by atoms with van der Waals surface area (Å²) in [5, 5.41) is 6.43. The highest BCUT2D eigenvalue weighted by Gasteiger charge is 2.35. The minimum atomic E-state index is -0.926. The number of pyridine rings is 2. The van der Waals surface area contributed by atoms with Gasteiger partial charge in [0.2, 0.25) is 11.8 Å². The Bertz CT molecular complexity index is 2290. The van der Waals surface area contributed by atoms with Crippen molar-refractivity contribution in [2.45, 2.75) is 38.9 Å². The van der Waals surface area contributed by atoms with Crippen LogP contribution in [0.15, 0.2) is 48.5 Å². The average Bonchev–Trinajstić information content (AvgIpc) is 3.77. The van der Waals surface area contributed by atoms with E-state index in [1.54, 1.807) is 36.2 Å². The van der Waals surface area contributed by atoms with Gasteiger partial charge in [-0.15, -0.1) is 11.3 Å². The molecule has 15 heteroatoms. The molecule has 2 aliphatic heterocycles. The molecular weight excluding hydrogens is 720 g/mol. The van der Waals surface area contributed by atoms with Gasteiger partial charge in [-0.2, -0.15) is 5.10 Å². The molecule has 2 aliphatic rings. The van der Waals surface area contributed by atoms with Gasteiger partial charge < -0.3 is 19.3 Å². The van der Waals surface area contributed by atoms with Gasteiger partial charge in [-0.1, -0.05) is 6.58 Å². The minimum absolute atomic E-state index is 0.00585. The molecule has 0 bridgehead atoms. The number of thiophene rings is 1. The smallest absolute Gasteiger partial charge is 0.246 e. The summed E-state index contributed by atoms with van der Waals surface area (Å²) >= 11 is 1.06. The largest absolute Gasteiger partial charge is 0.490 e. The molecule has 2 amide bonds. The van der Waals surface area contributed by atoms with Crippen LogP contribution in [0.25, 0.3) is 43.9 Å². The normalized spacial score (nSPS) is 17.0. The van der Waals surface area contributed by atoms with Gasteiger partial charge in [0.1, 0.15) is 41.2 Å². The molecule has 0 aliphatic carbocycles. The van der Waals surface area contributed by atoms with Gasteiger partial charge >= 0.3 is 0 Å². The monoisotopic (exact) mass is 759 g/mol. The second-order valence-electron chi connectivity index (χ2n) is 13.8. The first-order valence-electron chi connectivity index (χ1n) is 17.5. The Morgan fingerprint density at radius 3 is 2.61 bits per heavy atom. The van der Waals surface area contributed by atoms with Crippen molar-refractivity contribution in [2.24, 2.45) is 0 Å². The third-order valence-electron chi connectivity index (χ3n) is 9.97. The number of nitrogens with zero attached hydrogens (tertiary/aromatic N) is 7. The summed E-state index contributed by atoms with van der Waals surface area (Å²) in [4.78, 5) is 40.5. The second-order valence-corrected chi connectivity index (χ2v) is 14.7. The van der Waals surface area contributed by atoms with Crippen LogP contribution >= 0.6 is 11.3 Å². The molecule has 282 valence electrons. The Hall–Kier alpha value is -5.12. The van der Waals surface area contributed by atoms with Gasteiger partial charge in [-0.25, -0.2) is 18.2 Å². The van der Waals surface area contributed by atoms with Crippen molar-refractivity contribution in [3.05, 3.63) is 82.9 Å². The molecule has 7 rings (SSSR count). The first-order chi connectivity index (χ1) is 25.9. The van der Waals surface area contributed by atoms with Crippen LogP contribution < -0.4 is 4.74 Å². The van der Waals surface area contributed by atoms with Crippen molar-refractivity contribution < 1.29 is 32.2 Å². The molecule has 0 radical (unpaired) electrons. The summed E-state index contributed by atoms with van der Waals surface area (Å²) in [6.45, 7) is 9.37. The van der Waals surface area contributed by atoms with Crippen LogP contribution in [0.3, 0.4) is 0 Å². The number of aromatic nitrogens is 4. The van der Waals surface area contributed by atoms with Crippen molar-refractivity contribution in [2.75, 3.05) is 54.1 Å². The fourth-order valence-corrected chi connectivity index (χ4v) is 8.16. The quantitative estimate of drug-likeness (QED) is 0.119. The highest BCUT2D eigenvalue weighted by Crippen LogP contribution is 2.48. The van der Waals surface area contributed by atoms with E-state index in [4.69, 9.17) is 24.5 Å². The molecule has 1 aromatic carbocycles. The number of halogens is 3. The zero-order valence-electron chi connectivity index (χ0n) is 30.7. The van der Waals surface area contributed by atoms with E-state index in [2.05, 4.69) is 6.58 Å². The molecule has 6 heterocycles. The Kier molecular flexibility index (Phi) is 10.3. The number of carbonyl (C=O) groups is 2. The van der Waals surface area contributed by atoms with Crippen molar-refractivity contribution in [3.63, 3.8) is 0 Å². The molecule has 0 saturated heterocycles. The molecule has 0 spiro atoms. The Morgan fingerprint density at radius 1 is 1.07 bits per heavy atom. The lowest BCUT2D eigenvalue weighted by Crippen LogP contribution is -2.42. The van der Waals surface area contributed by atoms with Gasteiger partial charge in [0, 0.05) is 92.5 Å². The van der Waals surface area contributed by atoms with E-state index < -0.39 is 17.5 Å². The first kappa shape index (κ1) is 37.2. The topological polar surface area (TPSA) is 106 Å². The number of rotatable bonds is 10. The van der Waals surface area contributed by atoms with Crippen LogP contribution in [0.5, 0.6) is 5.75 Å². The molecule has 2 atom stereocenters. The lowest BCUT2D eigenvalue weighted by Gasteiger charge is -2.36. The molecule has 5 aromatic rings. The maximum absolute atomic E-state index is 16.3. The lowest BCUT2D eigenvalue weighted by atomic mass is 9.95. The van der Waals surface area contributed by atoms with E-state index in [-0.39, 0.29) is 77.3 Å². The molecular formula is C39H40F3N7O4S. The number of methoxy groups -OCH3 is 1. The SMILES string of the molecule is C=CC(=O)N1C[C@H](C)n2nc(-c3nc(-c4cnc5c(c4)CN(CC(=O)N(C)C)CC5)c4c(F)csc4c3-c3c(F)cc(F)cc3OCCOC)cc2[C@H]1C. The third-order valence-corrected chi connectivity index (χ3v) is 10.9. The highest BCUT2D eigenvalue weighted by molar-refractivity contribution is 7.18. The van der Waals surface area contributed by atoms with E-state index in [1.807, 2.05) is 29.5 Å². The van der Waals surface area contributed by atoms with Gasteiger partial charge in [0.05, 0.1) is 47.6 Å². The van der Waals surface area contributed by atoms with E-state index in [0.29, 0.717) is 47.7 Å². The zero-order chi connectivity index (χ0) is 38.4. The standard InChI is InChI=1S/C39H40F3N7O4S/c1-7-32(50)48-17-21(2)49-30(22(48)3)15-29(45-49)38-36(34-26(41)13-25(40)14-31(34)53-11-10-52-6)39-35(27(42)20-54-39)37(44-38)23-12-24-18-47(19-33(51)46(4)5)9-8-28(24)43-16-23/h7,12-16,20-22H,1,8-11,17-19H2,2-6H3/t21-,22+/m0/s1. The number of likely N-dealkylation sites (N-methyl/N-ethyl adjacent to an activating group) is 1. The van der Waals surface area contributed by atoms with Crippen molar-refractivity contribution in [3.8, 4) is 39.5 Å². The third kappa shape index (κ3) is 6.75. The maximum atomic E-state index is 16.3. The Labute approximate surface area is 314 Å². The van der Waals surface area contributed by atoms with E-state index in [0.717, 1.165) is 34.7 Å². The fraction of sp³-hybridized carbons (Fsp3) is 0.359. The summed E-state index contributed by atoms with van der Waals surface area (Å²) in [5.74, 6) is -2.70. The predicted octanol–water partition coefficient (Wildman–Crippen LogP) is 6.43. The van der Waals surface area contributed by atoms with Crippen LogP contribution in [-0.2, 0) is 27.3 Å². The number of fused-ring (bicyclic) bond motifs is 3. The molecule has 0 N–H and O–H groups in total. The summed E-state index contributed by atoms with van der Waals surface area (Å²) in [6, 6.07) is 4.93. The Morgan fingerprint density at radius 2 is 1.87 bits per heavy atom. The second kappa shape index (κ2) is 15.0. The van der Waals surface area contributed by atoms with Crippen LogP contribution in [-0.4, -0.2) is 100 Å². The first-order valence-corrected chi connectivity index (χ1v) is 18.4. The summed E-state index contributed by atoms with van der Waals surface area (Å²) < 4.78 is 60.4. The van der Waals surface area contributed by atoms with E-state index >= 15 is 8.78 Å². The molecule has 0 saturated carbocycles. The summed E-state index contributed by atoms with van der Waals surface area (Å²) in [5.41, 5.74) is 3.89. The van der Waals surface area contributed by atoms with E-state index in [1.165, 1.54) is 18.6 Å². The number of hydrogen-bond acceptors (Lipinski definition) is 9. The number of ether oxygens (including phenoxy) is 2. The van der Waals surface area contributed by atoms with Gasteiger partial charge in [-0.3, -0.25) is 24.2 Å². The van der Waals surface area contributed by atoms with Crippen LogP contribution in [0.1, 0.15) is 42.9 Å². The van der Waals surface area contributed by atoms with Gasteiger partial charge in [0.15, 0.2) is 0 Å². The van der Waals surface area contributed by atoms with E-state index in [9.17, 15) is 14.0 Å². The van der Waals surface area contributed by atoms with Gasteiger partial charge in [0.25, 0.3) is 0 Å². The summed E-state index contributed by atoms with van der Waals surface area (Å²) in [7, 11) is 4.92. The molecule has 11 nitrogen and oxygen atoms in total. The van der Waals surface area contributed by atoms with Crippen molar-refractivity contribution in [1.29, 1.82) is 0 Å². The molecule has 4 aromatic heterocycles. The zero-order valence-corrected chi connectivity index (χ0v) is 31.5. The fourth-order valence-electron chi connectivity index (χ4n) is 7.19.